The summed E-state index contributed by atoms with van der Waals surface area (Å²) in [5, 5.41) is 0. The zero-order valence-electron chi connectivity index (χ0n) is 7.60. The van der Waals surface area contributed by atoms with Crippen molar-refractivity contribution in [3.05, 3.63) is 35.9 Å². The van der Waals surface area contributed by atoms with E-state index in [2.05, 4.69) is 0 Å². The van der Waals surface area contributed by atoms with Gasteiger partial charge in [-0.1, -0.05) is 30.3 Å². The van der Waals surface area contributed by atoms with Gasteiger partial charge in [0.25, 0.3) is 0 Å². The van der Waals surface area contributed by atoms with Crippen LogP contribution in [0.2, 0.25) is 0 Å². The Morgan fingerprint density at radius 2 is 1.85 bits per heavy atom. The molecule has 4 heteroatoms. The molecule has 1 aromatic carbocycles. The summed E-state index contributed by atoms with van der Waals surface area (Å²) in [4.78, 5) is 8.64. The van der Waals surface area contributed by atoms with E-state index in [9.17, 15) is 4.57 Å². The fourth-order valence-electron chi connectivity index (χ4n) is 1.09. The van der Waals surface area contributed by atoms with Crippen LogP contribution in [0.4, 0.5) is 0 Å². The topological polar surface area (TPSA) is 46.5 Å². The van der Waals surface area contributed by atoms with E-state index in [1.807, 2.05) is 30.3 Å². The molecular formula is C9H12O3P+. The Bertz CT molecular complexity index is 295. The molecule has 0 aliphatic rings. The van der Waals surface area contributed by atoms with Crippen molar-refractivity contribution in [2.75, 3.05) is 0 Å². The van der Waals surface area contributed by atoms with E-state index < -0.39 is 13.9 Å². The van der Waals surface area contributed by atoms with Crippen LogP contribution in [-0.2, 0) is 14.7 Å². The van der Waals surface area contributed by atoms with Gasteiger partial charge in [-0.25, -0.2) is 0 Å². The summed E-state index contributed by atoms with van der Waals surface area (Å²) < 4.78 is 15.4. The first kappa shape index (κ1) is 10.3. The second-order valence-corrected chi connectivity index (χ2v) is 3.86. The highest BCUT2D eigenvalue weighted by atomic mass is 31.1. The predicted molar refractivity (Wildman–Crippen MR) is 50.4 cm³/mol. The number of rotatable bonds is 3. The van der Waals surface area contributed by atoms with E-state index in [1.54, 1.807) is 13.8 Å². The van der Waals surface area contributed by atoms with Crippen LogP contribution in [0.5, 0.6) is 0 Å². The average molecular weight is 199 g/mol. The van der Waals surface area contributed by atoms with Crippen LogP contribution in [0.15, 0.2) is 30.3 Å². The summed E-state index contributed by atoms with van der Waals surface area (Å²) in [5.41, 5.74) is 0.163. The highest BCUT2D eigenvalue weighted by Gasteiger charge is 2.32. The van der Waals surface area contributed by atoms with Crippen molar-refractivity contribution in [3.63, 3.8) is 0 Å². The van der Waals surface area contributed by atoms with Gasteiger partial charge in [-0.15, -0.1) is 9.42 Å². The van der Waals surface area contributed by atoms with Crippen LogP contribution >= 0.6 is 8.25 Å². The third-order valence-corrected chi connectivity index (χ3v) is 2.39. The van der Waals surface area contributed by atoms with Gasteiger partial charge in [0, 0.05) is 4.57 Å². The molecule has 1 atom stereocenters. The summed E-state index contributed by atoms with van der Waals surface area (Å²) in [6.45, 7) is 3.51. The molecule has 70 valence electrons. The van der Waals surface area contributed by atoms with Gasteiger partial charge in [-0.05, 0) is 19.4 Å². The van der Waals surface area contributed by atoms with Crippen LogP contribution in [0.3, 0.4) is 0 Å². The molecule has 0 saturated carbocycles. The van der Waals surface area contributed by atoms with Gasteiger partial charge in [0.1, 0.15) is 5.60 Å². The smallest absolute Gasteiger partial charge is 0.133 e. The molecule has 0 spiro atoms. The van der Waals surface area contributed by atoms with Gasteiger partial charge in [0.2, 0.25) is 0 Å². The molecule has 0 fully saturated rings. The summed E-state index contributed by atoms with van der Waals surface area (Å²) in [5.74, 6) is 0. The minimum atomic E-state index is -2.56. The molecule has 1 N–H and O–H groups in total. The van der Waals surface area contributed by atoms with Crippen molar-refractivity contribution in [2.45, 2.75) is 19.4 Å². The number of hydrogen-bond acceptors (Lipinski definition) is 2. The lowest BCUT2D eigenvalue weighted by atomic mass is 9.99. The molecule has 0 aliphatic carbocycles. The van der Waals surface area contributed by atoms with Crippen LogP contribution < -0.4 is 0 Å². The van der Waals surface area contributed by atoms with E-state index in [0.29, 0.717) is 0 Å². The molecule has 0 radical (unpaired) electrons. The summed E-state index contributed by atoms with van der Waals surface area (Å²) in [6.07, 6.45) is 0. The maximum absolute atomic E-state index is 10.5. The minimum Gasteiger partial charge on any atom is -0.133 e. The highest BCUT2D eigenvalue weighted by molar-refractivity contribution is 7.32. The first-order valence-corrected chi connectivity index (χ1v) is 5.06. The highest BCUT2D eigenvalue weighted by Crippen LogP contribution is 2.33. The summed E-state index contributed by atoms with van der Waals surface area (Å²) in [7, 11) is -2.56. The van der Waals surface area contributed by atoms with E-state index in [0.717, 1.165) is 5.56 Å². The van der Waals surface area contributed by atoms with E-state index in [4.69, 9.17) is 9.42 Å². The maximum Gasteiger partial charge on any atom is 0.695 e. The van der Waals surface area contributed by atoms with Crippen molar-refractivity contribution < 1.29 is 14.0 Å². The van der Waals surface area contributed by atoms with Crippen LogP contribution in [0.25, 0.3) is 0 Å². The number of hydrogen-bond donors (Lipinski definition) is 1. The van der Waals surface area contributed by atoms with Crippen molar-refractivity contribution in [3.8, 4) is 0 Å². The normalized spacial score (nSPS) is 12.7. The van der Waals surface area contributed by atoms with E-state index in [-0.39, 0.29) is 0 Å². The second-order valence-electron chi connectivity index (χ2n) is 3.21. The Kier molecular flexibility index (Phi) is 3.15. The molecule has 3 nitrogen and oxygen atoms in total. The SMILES string of the molecule is CC(C)(O[P+](=O)O)c1ccccc1. The van der Waals surface area contributed by atoms with Gasteiger partial charge in [-0.3, -0.25) is 0 Å². The zero-order chi connectivity index (χ0) is 9.90. The molecule has 0 saturated heterocycles. The summed E-state index contributed by atoms with van der Waals surface area (Å²) in [6, 6.07) is 9.34. The van der Waals surface area contributed by atoms with Crippen molar-refractivity contribution in [1.82, 2.24) is 0 Å². The van der Waals surface area contributed by atoms with Crippen LogP contribution in [-0.4, -0.2) is 4.89 Å². The molecule has 13 heavy (non-hydrogen) atoms. The minimum absolute atomic E-state index is 0.719. The van der Waals surface area contributed by atoms with Crippen molar-refractivity contribution >= 4 is 8.25 Å². The molecule has 1 rings (SSSR count). The standard InChI is InChI=1S/C9H11O3P/c1-9(2,12-13(10)11)8-6-4-3-5-7-8/h3-7H,1-2H3/p+1. The lowest BCUT2D eigenvalue weighted by molar-refractivity contribution is 0.102. The number of benzene rings is 1. The predicted octanol–water partition coefficient (Wildman–Crippen LogP) is 2.59. The monoisotopic (exact) mass is 199 g/mol. The first-order valence-electron chi connectivity index (χ1n) is 3.93. The molecular weight excluding hydrogens is 187 g/mol. The summed E-state index contributed by atoms with van der Waals surface area (Å²) >= 11 is 0. The van der Waals surface area contributed by atoms with Crippen molar-refractivity contribution in [1.29, 1.82) is 0 Å². The second kappa shape index (κ2) is 3.97. The van der Waals surface area contributed by atoms with Crippen LogP contribution in [0.1, 0.15) is 19.4 Å². The van der Waals surface area contributed by atoms with Crippen molar-refractivity contribution in [2.24, 2.45) is 0 Å². The Balaban J connectivity index is 2.87. The molecule has 0 aromatic heterocycles. The molecule has 0 bridgehead atoms. The fraction of sp³-hybridized carbons (Fsp3) is 0.333. The molecule has 0 heterocycles. The zero-order valence-corrected chi connectivity index (χ0v) is 8.49. The van der Waals surface area contributed by atoms with Gasteiger partial charge < -0.3 is 0 Å². The molecule has 0 aliphatic heterocycles. The van der Waals surface area contributed by atoms with Gasteiger partial charge in [0.15, 0.2) is 0 Å². The van der Waals surface area contributed by atoms with Gasteiger partial charge in [0.05, 0.1) is 0 Å². The van der Waals surface area contributed by atoms with E-state index in [1.165, 1.54) is 0 Å². The third-order valence-electron chi connectivity index (χ3n) is 1.78. The lowest BCUT2D eigenvalue weighted by Gasteiger charge is -2.16. The maximum atomic E-state index is 10.5. The Morgan fingerprint density at radius 1 is 1.31 bits per heavy atom. The average Bonchev–Trinajstić information content (AvgIpc) is 2.04. The fourth-order valence-corrected chi connectivity index (χ4v) is 1.58. The lowest BCUT2D eigenvalue weighted by Crippen LogP contribution is -2.17. The van der Waals surface area contributed by atoms with E-state index >= 15 is 0 Å². The largest absolute Gasteiger partial charge is 0.695 e. The quantitative estimate of drug-likeness (QED) is 0.761. The molecule has 1 unspecified atom stereocenters. The first-order chi connectivity index (χ1) is 6.02. The Morgan fingerprint density at radius 3 is 2.31 bits per heavy atom. The molecule has 0 amide bonds. The Hall–Kier alpha value is -0.760. The third kappa shape index (κ3) is 2.88. The van der Waals surface area contributed by atoms with Gasteiger partial charge >= 0.3 is 8.25 Å². The van der Waals surface area contributed by atoms with Gasteiger partial charge in [-0.2, -0.15) is 0 Å². The van der Waals surface area contributed by atoms with Crippen LogP contribution in [0, 0.1) is 0 Å². The Labute approximate surface area is 78.3 Å². The molecule has 1 aromatic rings.